The standard InChI is InChI=1S/C21H20N2O7S2/c1-4-29-19(26)10-5-7-11(8-6-10)23-17(24)12-13(20(27)30-9(2)3)14-16(22-21(28)32-14)31-15(12)18(23)25/h5-9,12-13,15H,4H2,1-3H3,(H,22,28)/t12-,13-,15-/m0/s1. The first-order chi connectivity index (χ1) is 15.2. The van der Waals surface area contributed by atoms with Crippen LogP contribution in [0.4, 0.5) is 5.69 Å². The molecule has 0 aliphatic carbocycles. The molecule has 2 aliphatic rings. The maximum atomic E-state index is 13.4. The molecular weight excluding hydrogens is 456 g/mol. The van der Waals surface area contributed by atoms with Crippen molar-refractivity contribution >= 4 is 52.5 Å². The van der Waals surface area contributed by atoms with E-state index in [2.05, 4.69) is 4.98 Å². The van der Waals surface area contributed by atoms with Gasteiger partial charge in [0, 0.05) is 0 Å². The Bertz CT molecular complexity index is 1150. The number of nitrogens with one attached hydrogen (secondary N) is 1. The summed E-state index contributed by atoms with van der Waals surface area (Å²) in [5.41, 5.74) is 0.579. The molecule has 2 amide bonds. The fraction of sp³-hybridized carbons (Fsp3) is 0.381. The van der Waals surface area contributed by atoms with Gasteiger partial charge >= 0.3 is 16.8 Å². The maximum Gasteiger partial charge on any atom is 0.338 e. The number of nitrogens with zero attached hydrogens (tertiary/aromatic N) is 1. The Morgan fingerprint density at radius 3 is 2.44 bits per heavy atom. The van der Waals surface area contributed by atoms with Crippen molar-refractivity contribution in [3.63, 3.8) is 0 Å². The predicted octanol–water partition coefficient (Wildman–Crippen LogP) is 2.31. The molecule has 2 aromatic rings. The molecule has 1 saturated heterocycles. The largest absolute Gasteiger partial charge is 0.462 e. The van der Waals surface area contributed by atoms with Gasteiger partial charge in [0.15, 0.2) is 0 Å². The van der Waals surface area contributed by atoms with E-state index in [0.29, 0.717) is 15.5 Å². The molecule has 9 nitrogen and oxygen atoms in total. The van der Waals surface area contributed by atoms with Gasteiger partial charge in [-0.25, -0.2) is 9.69 Å². The van der Waals surface area contributed by atoms with Crippen LogP contribution in [0.1, 0.15) is 41.9 Å². The van der Waals surface area contributed by atoms with Gasteiger partial charge in [0.05, 0.1) is 39.8 Å². The fourth-order valence-corrected chi connectivity index (χ4v) is 6.27. The van der Waals surface area contributed by atoms with E-state index in [0.717, 1.165) is 28.0 Å². The lowest BCUT2D eigenvalue weighted by Crippen LogP contribution is -2.36. The smallest absolute Gasteiger partial charge is 0.338 e. The number of hydrogen-bond donors (Lipinski definition) is 1. The molecule has 0 spiro atoms. The number of amides is 2. The number of hydrogen-bond acceptors (Lipinski definition) is 9. The zero-order valence-corrected chi connectivity index (χ0v) is 19.1. The van der Waals surface area contributed by atoms with E-state index in [4.69, 9.17) is 9.47 Å². The molecule has 4 rings (SSSR count). The van der Waals surface area contributed by atoms with Gasteiger partial charge in [0.2, 0.25) is 11.8 Å². The average Bonchev–Trinajstić information content (AvgIpc) is 3.22. The monoisotopic (exact) mass is 476 g/mol. The minimum Gasteiger partial charge on any atom is -0.462 e. The highest BCUT2D eigenvalue weighted by molar-refractivity contribution is 8.00. The number of H-pyrrole nitrogens is 1. The number of aromatic amines is 1. The van der Waals surface area contributed by atoms with Gasteiger partial charge in [-0.2, -0.15) is 0 Å². The Balaban J connectivity index is 1.70. The molecule has 0 unspecified atom stereocenters. The number of ether oxygens (including phenoxy) is 2. The van der Waals surface area contributed by atoms with E-state index in [1.54, 1.807) is 20.8 Å². The van der Waals surface area contributed by atoms with Crippen molar-refractivity contribution in [2.24, 2.45) is 5.92 Å². The quantitative estimate of drug-likeness (QED) is 0.515. The zero-order chi connectivity index (χ0) is 23.2. The van der Waals surface area contributed by atoms with Gasteiger partial charge in [-0.1, -0.05) is 23.1 Å². The highest BCUT2D eigenvalue weighted by atomic mass is 32.2. The topological polar surface area (TPSA) is 123 Å². The van der Waals surface area contributed by atoms with Crippen molar-refractivity contribution in [2.75, 3.05) is 11.5 Å². The minimum absolute atomic E-state index is 0.227. The van der Waals surface area contributed by atoms with E-state index >= 15 is 0 Å². The van der Waals surface area contributed by atoms with Crippen LogP contribution in [0.5, 0.6) is 0 Å². The Kier molecular flexibility index (Phi) is 5.95. The Morgan fingerprint density at radius 1 is 1.12 bits per heavy atom. The number of esters is 2. The third kappa shape index (κ3) is 3.75. The SMILES string of the molecule is CCOC(=O)c1ccc(N2C(=O)[C@@H]3[C@H](Sc4[nH]c(=O)sc4[C@H]3C(=O)OC(C)C)C2=O)cc1. The molecule has 168 valence electrons. The molecule has 3 heterocycles. The summed E-state index contributed by atoms with van der Waals surface area (Å²) in [6.07, 6.45) is -0.423. The first-order valence-corrected chi connectivity index (χ1v) is 11.7. The summed E-state index contributed by atoms with van der Waals surface area (Å²) < 4.78 is 10.3. The number of benzene rings is 1. The third-order valence-electron chi connectivity index (χ3n) is 5.07. The number of rotatable bonds is 5. The van der Waals surface area contributed by atoms with Crippen LogP contribution >= 0.6 is 23.1 Å². The fourth-order valence-electron chi connectivity index (χ4n) is 3.79. The second kappa shape index (κ2) is 8.55. The van der Waals surface area contributed by atoms with E-state index in [1.807, 2.05) is 0 Å². The molecule has 3 atom stereocenters. The van der Waals surface area contributed by atoms with Crippen LogP contribution in [0.15, 0.2) is 34.1 Å². The van der Waals surface area contributed by atoms with Crippen LogP contribution in [-0.4, -0.2) is 46.7 Å². The van der Waals surface area contributed by atoms with Crippen molar-refractivity contribution < 1.29 is 28.7 Å². The summed E-state index contributed by atoms with van der Waals surface area (Å²) in [4.78, 5) is 67.1. The molecule has 1 aromatic carbocycles. The molecule has 1 N–H and O–H groups in total. The van der Waals surface area contributed by atoms with Crippen LogP contribution in [0.3, 0.4) is 0 Å². The second-order valence-electron chi connectivity index (χ2n) is 7.51. The van der Waals surface area contributed by atoms with E-state index < -0.39 is 46.9 Å². The van der Waals surface area contributed by atoms with Crippen molar-refractivity contribution in [1.82, 2.24) is 4.98 Å². The summed E-state index contributed by atoms with van der Waals surface area (Å²) >= 11 is 1.92. The summed E-state index contributed by atoms with van der Waals surface area (Å²) in [6.45, 7) is 5.29. The van der Waals surface area contributed by atoms with E-state index in [-0.39, 0.29) is 17.2 Å². The molecule has 0 radical (unpaired) electrons. The first kappa shape index (κ1) is 22.3. The van der Waals surface area contributed by atoms with Crippen LogP contribution in [0, 0.1) is 5.92 Å². The number of thioether (sulfide) groups is 1. The van der Waals surface area contributed by atoms with Crippen LogP contribution in [0.2, 0.25) is 0 Å². The summed E-state index contributed by atoms with van der Waals surface area (Å²) in [6, 6.07) is 5.93. The van der Waals surface area contributed by atoms with Gasteiger partial charge in [-0.3, -0.25) is 19.2 Å². The zero-order valence-electron chi connectivity index (χ0n) is 17.4. The van der Waals surface area contributed by atoms with Crippen LogP contribution in [0.25, 0.3) is 0 Å². The Labute approximate surface area is 191 Å². The molecule has 1 aromatic heterocycles. The Morgan fingerprint density at radius 2 is 1.81 bits per heavy atom. The predicted molar refractivity (Wildman–Crippen MR) is 117 cm³/mol. The molecule has 2 aliphatic heterocycles. The van der Waals surface area contributed by atoms with Crippen molar-refractivity contribution in [3.05, 3.63) is 44.4 Å². The summed E-state index contributed by atoms with van der Waals surface area (Å²) in [5, 5.41) is -0.470. The average molecular weight is 477 g/mol. The number of thiazole rings is 1. The number of carbonyl (C=O) groups is 4. The minimum atomic E-state index is -1.05. The first-order valence-electron chi connectivity index (χ1n) is 9.98. The van der Waals surface area contributed by atoms with Crippen LogP contribution < -0.4 is 9.77 Å². The lowest BCUT2D eigenvalue weighted by Gasteiger charge is -2.28. The van der Waals surface area contributed by atoms with Gasteiger partial charge in [0.1, 0.15) is 11.2 Å². The van der Waals surface area contributed by atoms with Gasteiger partial charge < -0.3 is 14.5 Å². The number of fused-ring (bicyclic) bond motifs is 2. The van der Waals surface area contributed by atoms with Crippen LogP contribution in [-0.2, 0) is 23.9 Å². The summed E-state index contributed by atoms with van der Waals surface area (Å²) in [7, 11) is 0. The highest BCUT2D eigenvalue weighted by Gasteiger charge is 2.58. The molecule has 0 saturated carbocycles. The maximum absolute atomic E-state index is 13.4. The molecule has 1 fully saturated rings. The number of aromatic nitrogens is 1. The lowest BCUT2D eigenvalue weighted by molar-refractivity contribution is -0.152. The molecular formula is C21H20N2O7S2. The molecule has 11 heteroatoms. The number of anilines is 1. The van der Waals surface area contributed by atoms with Crippen molar-refractivity contribution in [2.45, 2.75) is 43.1 Å². The normalized spacial score (nSPS) is 22.0. The van der Waals surface area contributed by atoms with Crippen molar-refractivity contribution in [1.29, 1.82) is 0 Å². The van der Waals surface area contributed by atoms with Gasteiger partial charge in [-0.05, 0) is 45.0 Å². The highest BCUT2D eigenvalue weighted by Crippen LogP contribution is 2.51. The number of imide groups is 1. The molecule has 0 bridgehead atoms. The second-order valence-corrected chi connectivity index (χ2v) is 9.68. The third-order valence-corrected chi connectivity index (χ3v) is 7.47. The van der Waals surface area contributed by atoms with E-state index in [9.17, 15) is 24.0 Å². The molecule has 32 heavy (non-hydrogen) atoms. The number of carbonyl (C=O) groups excluding carboxylic acids is 4. The van der Waals surface area contributed by atoms with Crippen molar-refractivity contribution in [3.8, 4) is 0 Å². The lowest BCUT2D eigenvalue weighted by atomic mass is 9.88. The van der Waals surface area contributed by atoms with E-state index in [1.165, 1.54) is 24.3 Å². The van der Waals surface area contributed by atoms with Gasteiger partial charge in [0.25, 0.3) is 0 Å². The summed E-state index contributed by atoms with van der Waals surface area (Å²) in [5.74, 6) is -4.24. The van der Waals surface area contributed by atoms with Gasteiger partial charge in [-0.15, -0.1) is 0 Å². The Hall–Kier alpha value is -2.92.